The van der Waals surface area contributed by atoms with Crippen LogP contribution in [-0.4, -0.2) is 52.7 Å². The van der Waals surface area contributed by atoms with E-state index in [-0.39, 0.29) is 5.75 Å². The molecule has 0 bridgehead atoms. The molecule has 0 aliphatic carbocycles. The van der Waals surface area contributed by atoms with Crippen molar-refractivity contribution < 1.29 is 9.84 Å². The third-order valence-corrected chi connectivity index (χ3v) is 6.20. The van der Waals surface area contributed by atoms with Gasteiger partial charge in [0.1, 0.15) is 5.75 Å². The van der Waals surface area contributed by atoms with Gasteiger partial charge in [0.05, 0.1) is 23.4 Å². The van der Waals surface area contributed by atoms with E-state index in [1.165, 1.54) is 4.88 Å². The van der Waals surface area contributed by atoms with Crippen LogP contribution in [0.15, 0.2) is 42.3 Å². The quantitative estimate of drug-likeness (QED) is 0.609. The standard InChI is InChI=1S/C20H22N4O2S2/c1-3-27-23(2)13-16-12-17-18(28-16)20(24-7-9-26-10-8-24)22-19(21-17)14-5-4-6-15(25)11-14/h3-6,11-12,25H,1,7-10,13H2,2H3. The zero-order valence-corrected chi connectivity index (χ0v) is 17.3. The fourth-order valence-electron chi connectivity index (χ4n) is 3.19. The number of phenolic OH excluding ortho intramolecular Hbond substituents is 1. The number of aromatic hydroxyl groups is 1. The first-order valence-electron chi connectivity index (χ1n) is 9.05. The number of nitrogens with zero attached hydrogens (tertiary/aromatic N) is 4. The van der Waals surface area contributed by atoms with Crippen LogP contribution in [0.4, 0.5) is 5.82 Å². The van der Waals surface area contributed by atoms with Gasteiger partial charge in [0.15, 0.2) is 11.6 Å². The number of phenols is 1. The number of rotatable bonds is 6. The van der Waals surface area contributed by atoms with Gasteiger partial charge in [-0.05, 0) is 30.7 Å². The molecule has 0 spiro atoms. The van der Waals surface area contributed by atoms with E-state index < -0.39 is 0 Å². The summed E-state index contributed by atoms with van der Waals surface area (Å²) in [6, 6.07) is 9.23. The van der Waals surface area contributed by atoms with E-state index in [0.717, 1.165) is 41.2 Å². The summed E-state index contributed by atoms with van der Waals surface area (Å²) in [6.07, 6.45) is 0. The lowest BCUT2D eigenvalue weighted by Crippen LogP contribution is -2.36. The minimum Gasteiger partial charge on any atom is -0.508 e. The Bertz CT molecular complexity index is 985. The van der Waals surface area contributed by atoms with Crippen molar-refractivity contribution in [3.05, 3.63) is 47.2 Å². The molecule has 146 valence electrons. The Labute approximate surface area is 172 Å². The van der Waals surface area contributed by atoms with Crippen molar-refractivity contribution in [1.29, 1.82) is 0 Å². The molecule has 6 nitrogen and oxygen atoms in total. The van der Waals surface area contributed by atoms with E-state index in [9.17, 15) is 5.11 Å². The Morgan fingerprint density at radius 3 is 2.89 bits per heavy atom. The predicted molar refractivity (Wildman–Crippen MR) is 117 cm³/mol. The van der Waals surface area contributed by atoms with Crippen molar-refractivity contribution in [3.8, 4) is 17.1 Å². The summed E-state index contributed by atoms with van der Waals surface area (Å²) in [6.45, 7) is 7.60. The molecular weight excluding hydrogens is 392 g/mol. The number of benzene rings is 1. The molecule has 0 saturated carbocycles. The normalized spacial score (nSPS) is 14.7. The summed E-state index contributed by atoms with van der Waals surface area (Å²) in [5.41, 5.74) is 1.75. The highest BCUT2D eigenvalue weighted by molar-refractivity contribution is 7.99. The van der Waals surface area contributed by atoms with Gasteiger partial charge in [-0.25, -0.2) is 14.3 Å². The van der Waals surface area contributed by atoms with Crippen LogP contribution in [0.3, 0.4) is 0 Å². The van der Waals surface area contributed by atoms with E-state index in [1.807, 2.05) is 24.6 Å². The summed E-state index contributed by atoms with van der Waals surface area (Å²) in [7, 11) is 2.05. The van der Waals surface area contributed by atoms with Crippen LogP contribution in [0.25, 0.3) is 21.6 Å². The SMILES string of the molecule is C=CSN(C)Cc1cc2nc(-c3cccc(O)c3)nc(N3CCOCC3)c2s1. The van der Waals surface area contributed by atoms with Gasteiger partial charge in [0, 0.05) is 30.1 Å². The summed E-state index contributed by atoms with van der Waals surface area (Å²) in [5.74, 6) is 1.79. The minimum atomic E-state index is 0.211. The molecule has 3 heterocycles. The van der Waals surface area contributed by atoms with Gasteiger partial charge >= 0.3 is 0 Å². The first-order chi connectivity index (χ1) is 13.6. The molecule has 0 amide bonds. The van der Waals surface area contributed by atoms with Crippen molar-refractivity contribution in [1.82, 2.24) is 14.3 Å². The monoisotopic (exact) mass is 414 g/mol. The Balaban J connectivity index is 1.79. The molecule has 28 heavy (non-hydrogen) atoms. The second kappa shape index (κ2) is 8.48. The lowest BCUT2D eigenvalue weighted by molar-refractivity contribution is 0.122. The number of thiophene rings is 1. The topological polar surface area (TPSA) is 61.7 Å². The zero-order chi connectivity index (χ0) is 19.5. The lowest BCUT2D eigenvalue weighted by atomic mass is 10.2. The van der Waals surface area contributed by atoms with Crippen molar-refractivity contribution in [2.24, 2.45) is 0 Å². The molecule has 1 saturated heterocycles. The first kappa shape index (κ1) is 19.2. The van der Waals surface area contributed by atoms with Gasteiger partial charge < -0.3 is 14.7 Å². The molecule has 3 aromatic rings. The molecule has 4 rings (SSSR count). The third-order valence-electron chi connectivity index (χ3n) is 4.45. The number of hydrogen-bond acceptors (Lipinski definition) is 8. The molecule has 0 unspecified atom stereocenters. The molecule has 1 aromatic carbocycles. The highest BCUT2D eigenvalue weighted by Gasteiger charge is 2.20. The number of aromatic nitrogens is 2. The maximum Gasteiger partial charge on any atom is 0.162 e. The number of fused-ring (bicyclic) bond motifs is 1. The molecule has 1 fully saturated rings. The number of anilines is 1. The molecule has 0 radical (unpaired) electrons. The highest BCUT2D eigenvalue weighted by atomic mass is 32.2. The zero-order valence-electron chi connectivity index (χ0n) is 15.7. The molecule has 1 aliphatic heterocycles. The van der Waals surface area contributed by atoms with E-state index in [4.69, 9.17) is 14.7 Å². The molecule has 2 aromatic heterocycles. The van der Waals surface area contributed by atoms with Crippen LogP contribution in [-0.2, 0) is 11.3 Å². The average molecular weight is 415 g/mol. The van der Waals surface area contributed by atoms with Crippen LogP contribution in [0.2, 0.25) is 0 Å². The lowest BCUT2D eigenvalue weighted by Gasteiger charge is -2.28. The third kappa shape index (κ3) is 4.15. The Morgan fingerprint density at radius 1 is 1.32 bits per heavy atom. The molecule has 8 heteroatoms. The number of hydrogen-bond donors (Lipinski definition) is 1. The van der Waals surface area contributed by atoms with Crippen LogP contribution in [0.1, 0.15) is 4.88 Å². The Morgan fingerprint density at radius 2 is 2.14 bits per heavy atom. The molecule has 1 N–H and O–H groups in total. The largest absolute Gasteiger partial charge is 0.508 e. The van der Waals surface area contributed by atoms with E-state index >= 15 is 0 Å². The fourth-order valence-corrected chi connectivity index (χ4v) is 4.91. The van der Waals surface area contributed by atoms with Gasteiger partial charge in [-0.2, -0.15) is 0 Å². The van der Waals surface area contributed by atoms with Gasteiger partial charge in [-0.3, -0.25) is 0 Å². The summed E-state index contributed by atoms with van der Waals surface area (Å²) in [4.78, 5) is 13.2. The maximum atomic E-state index is 9.86. The van der Waals surface area contributed by atoms with E-state index in [0.29, 0.717) is 19.0 Å². The summed E-state index contributed by atoms with van der Waals surface area (Å²) >= 11 is 3.32. The smallest absolute Gasteiger partial charge is 0.162 e. The summed E-state index contributed by atoms with van der Waals surface area (Å²) in [5, 5.41) is 11.7. The van der Waals surface area contributed by atoms with Crippen LogP contribution in [0, 0.1) is 0 Å². The van der Waals surface area contributed by atoms with Crippen molar-refractivity contribution in [2.45, 2.75) is 6.54 Å². The van der Waals surface area contributed by atoms with Gasteiger partial charge in [-0.15, -0.1) is 11.3 Å². The number of ether oxygens (including phenoxy) is 1. The van der Waals surface area contributed by atoms with Crippen molar-refractivity contribution >= 4 is 39.3 Å². The van der Waals surface area contributed by atoms with Crippen LogP contribution < -0.4 is 4.90 Å². The molecule has 0 atom stereocenters. The first-order valence-corrected chi connectivity index (χ1v) is 10.7. The fraction of sp³-hybridized carbons (Fsp3) is 0.300. The number of morpholine rings is 1. The molecule has 1 aliphatic rings. The van der Waals surface area contributed by atoms with Crippen molar-refractivity contribution in [3.63, 3.8) is 0 Å². The van der Waals surface area contributed by atoms with Crippen molar-refractivity contribution in [2.75, 3.05) is 38.3 Å². The van der Waals surface area contributed by atoms with E-state index in [2.05, 4.69) is 21.9 Å². The Hall–Kier alpha value is -2.13. The van der Waals surface area contributed by atoms with Gasteiger partial charge in [0.25, 0.3) is 0 Å². The average Bonchev–Trinajstić information content (AvgIpc) is 3.10. The molecular formula is C20H22N4O2S2. The summed E-state index contributed by atoms with van der Waals surface area (Å²) < 4.78 is 8.74. The maximum absolute atomic E-state index is 9.86. The van der Waals surface area contributed by atoms with Gasteiger partial charge in [0.2, 0.25) is 0 Å². The van der Waals surface area contributed by atoms with E-state index in [1.54, 1.807) is 35.4 Å². The van der Waals surface area contributed by atoms with Crippen LogP contribution >= 0.6 is 23.3 Å². The predicted octanol–water partition coefficient (Wildman–Crippen LogP) is 4.12. The second-order valence-electron chi connectivity index (χ2n) is 6.51. The van der Waals surface area contributed by atoms with Gasteiger partial charge in [-0.1, -0.05) is 30.7 Å². The Kier molecular flexibility index (Phi) is 5.82. The van der Waals surface area contributed by atoms with Crippen LogP contribution in [0.5, 0.6) is 5.75 Å². The minimum absolute atomic E-state index is 0.211. The second-order valence-corrected chi connectivity index (χ2v) is 8.81. The highest BCUT2D eigenvalue weighted by Crippen LogP contribution is 2.35.